The largest absolute Gasteiger partial charge is 0.355 e. The van der Waals surface area contributed by atoms with Crippen molar-refractivity contribution in [2.24, 2.45) is 11.8 Å². The van der Waals surface area contributed by atoms with Crippen LogP contribution in [-0.4, -0.2) is 33.1 Å². The lowest BCUT2D eigenvalue weighted by Gasteiger charge is -2.21. The summed E-state index contributed by atoms with van der Waals surface area (Å²) in [4.78, 5) is 2.38. The lowest BCUT2D eigenvalue weighted by Crippen LogP contribution is -2.23. The van der Waals surface area contributed by atoms with E-state index in [0.717, 1.165) is 47.9 Å². The summed E-state index contributed by atoms with van der Waals surface area (Å²) in [6, 6.07) is 6.15. The van der Waals surface area contributed by atoms with Gasteiger partial charge >= 0.3 is 0 Å². The van der Waals surface area contributed by atoms with Crippen LogP contribution in [0.3, 0.4) is 0 Å². The molecular weight excluding hydrogens is 286 g/mol. The van der Waals surface area contributed by atoms with Crippen LogP contribution in [0.15, 0.2) is 18.2 Å². The molecule has 0 spiro atoms. The van der Waals surface area contributed by atoms with Crippen molar-refractivity contribution in [1.82, 2.24) is 20.0 Å². The molecule has 1 aliphatic rings. The zero-order chi connectivity index (χ0) is 16.4. The van der Waals surface area contributed by atoms with Gasteiger partial charge in [-0.3, -0.25) is 0 Å². The van der Waals surface area contributed by atoms with Crippen molar-refractivity contribution in [3.05, 3.63) is 29.6 Å². The highest BCUT2D eigenvalue weighted by Crippen LogP contribution is 2.30. The van der Waals surface area contributed by atoms with Gasteiger partial charge in [0.15, 0.2) is 11.6 Å². The SMILES string of the molecule is CCC(CC)C1CCN(c2ccc(-n3nc(C)cc3C)nn2)C1. The molecule has 2 aromatic heterocycles. The van der Waals surface area contributed by atoms with Crippen LogP contribution in [0, 0.1) is 25.7 Å². The number of rotatable bonds is 5. The first-order chi connectivity index (χ1) is 11.1. The molecule has 0 aliphatic carbocycles. The van der Waals surface area contributed by atoms with E-state index >= 15 is 0 Å². The normalized spacial score (nSPS) is 18.1. The fourth-order valence-corrected chi connectivity index (χ4v) is 3.80. The predicted molar refractivity (Wildman–Crippen MR) is 93.0 cm³/mol. The second kappa shape index (κ2) is 6.69. The lowest BCUT2D eigenvalue weighted by molar-refractivity contribution is 0.339. The predicted octanol–water partition coefficient (Wildman–Crippen LogP) is 3.54. The quantitative estimate of drug-likeness (QED) is 0.847. The van der Waals surface area contributed by atoms with Crippen LogP contribution in [0.5, 0.6) is 0 Å². The van der Waals surface area contributed by atoms with Crippen LogP contribution in [0.25, 0.3) is 5.82 Å². The van der Waals surface area contributed by atoms with E-state index in [4.69, 9.17) is 0 Å². The summed E-state index contributed by atoms with van der Waals surface area (Å²) < 4.78 is 1.85. The van der Waals surface area contributed by atoms with E-state index in [1.165, 1.54) is 19.3 Å². The molecule has 1 saturated heterocycles. The molecule has 124 valence electrons. The molecule has 0 aromatic carbocycles. The fraction of sp³-hybridized carbons (Fsp3) is 0.611. The van der Waals surface area contributed by atoms with Gasteiger partial charge in [0.05, 0.1) is 5.69 Å². The Kier molecular flexibility index (Phi) is 4.64. The Morgan fingerprint density at radius 2 is 1.83 bits per heavy atom. The number of aromatic nitrogens is 4. The Balaban J connectivity index is 1.72. The minimum atomic E-state index is 0.787. The second-order valence-corrected chi connectivity index (χ2v) is 6.66. The number of hydrogen-bond donors (Lipinski definition) is 0. The van der Waals surface area contributed by atoms with Gasteiger partial charge in [-0.05, 0) is 50.3 Å². The molecule has 0 bridgehead atoms. The smallest absolute Gasteiger partial charge is 0.176 e. The molecule has 3 heterocycles. The monoisotopic (exact) mass is 313 g/mol. The summed E-state index contributed by atoms with van der Waals surface area (Å²) in [6.07, 6.45) is 3.82. The van der Waals surface area contributed by atoms with E-state index in [9.17, 15) is 0 Å². The van der Waals surface area contributed by atoms with E-state index < -0.39 is 0 Å². The summed E-state index contributed by atoms with van der Waals surface area (Å²) in [5.74, 6) is 3.41. The molecule has 1 unspecified atom stereocenters. The molecule has 1 aliphatic heterocycles. The molecule has 0 amide bonds. The minimum absolute atomic E-state index is 0.787. The fourth-order valence-electron chi connectivity index (χ4n) is 3.80. The van der Waals surface area contributed by atoms with Gasteiger partial charge < -0.3 is 4.90 Å². The Morgan fingerprint density at radius 3 is 2.39 bits per heavy atom. The van der Waals surface area contributed by atoms with E-state index in [1.807, 2.05) is 24.6 Å². The molecule has 1 fully saturated rings. The molecule has 1 atom stereocenters. The second-order valence-electron chi connectivity index (χ2n) is 6.66. The van der Waals surface area contributed by atoms with Gasteiger partial charge in [-0.25, -0.2) is 4.68 Å². The average Bonchev–Trinajstić information content (AvgIpc) is 3.16. The molecule has 0 radical (unpaired) electrons. The highest BCUT2D eigenvalue weighted by molar-refractivity contribution is 5.41. The minimum Gasteiger partial charge on any atom is -0.355 e. The third kappa shape index (κ3) is 3.23. The zero-order valence-electron chi connectivity index (χ0n) is 14.7. The topological polar surface area (TPSA) is 46.8 Å². The lowest BCUT2D eigenvalue weighted by atomic mass is 9.87. The van der Waals surface area contributed by atoms with E-state index in [2.05, 4.69) is 46.2 Å². The van der Waals surface area contributed by atoms with E-state index in [1.54, 1.807) is 0 Å². The summed E-state index contributed by atoms with van der Waals surface area (Å²) in [5, 5.41) is 13.3. The summed E-state index contributed by atoms with van der Waals surface area (Å²) >= 11 is 0. The zero-order valence-corrected chi connectivity index (χ0v) is 14.7. The molecule has 2 aromatic rings. The van der Waals surface area contributed by atoms with Gasteiger partial charge in [0.2, 0.25) is 0 Å². The molecule has 5 heteroatoms. The van der Waals surface area contributed by atoms with Gasteiger partial charge in [-0.1, -0.05) is 26.7 Å². The maximum Gasteiger partial charge on any atom is 0.176 e. The third-order valence-electron chi connectivity index (χ3n) is 5.13. The van der Waals surface area contributed by atoms with Gasteiger partial charge in [-0.15, -0.1) is 10.2 Å². The highest BCUT2D eigenvalue weighted by Gasteiger charge is 2.28. The van der Waals surface area contributed by atoms with Crippen molar-refractivity contribution in [3.63, 3.8) is 0 Å². The van der Waals surface area contributed by atoms with Crippen LogP contribution >= 0.6 is 0 Å². The van der Waals surface area contributed by atoms with Crippen LogP contribution in [0.1, 0.15) is 44.5 Å². The first kappa shape index (κ1) is 16.0. The number of nitrogens with zero attached hydrogens (tertiary/aromatic N) is 5. The standard InChI is InChI=1S/C18H27N5/c1-5-15(6-2)16-9-10-22(12-16)17-7-8-18(20-19-17)23-14(4)11-13(3)21-23/h7-8,11,15-16H,5-6,9-10,12H2,1-4H3. The van der Waals surface area contributed by atoms with E-state index in [0.29, 0.717) is 0 Å². The maximum atomic E-state index is 4.47. The average molecular weight is 313 g/mol. The summed E-state index contributed by atoms with van der Waals surface area (Å²) in [7, 11) is 0. The Bertz CT molecular complexity index is 642. The molecular formula is C18H27N5. The third-order valence-corrected chi connectivity index (χ3v) is 5.13. The van der Waals surface area contributed by atoms with Crippen molar-refractivity contribution in [1.29, 1.82) is 0 Å². The molecule has 23 heavy (non-hydrogen) atoms. The first-order valence-corrected chi connectivity index (χ1v) is 8.74. The summed E-state index contributed by atoms with van der Waals surface area (Å²) in [6.45, 7) is 10.8. The van der Waals surface area contributed by atoms with Crippen molar-refractivity contribution < 1.29 is 0 Å². The van der Waals surface area contributed by atoms with Gasteiger partial charge in [0.25, 0.3) is 0 Å². The maximum absolute atomic E-state index is 4.47. The summed E-state index contributed by atoms with van der Waals surface area (Å²) in [5.41, 5.74) is 2.08. The van der Waals surface area contributed by atoms with Crippen molar-refractivity contribution in [2.45, 2.75) is 47.0 Å². The number of aryl methyl sites for hydroxylation is 2. The van der Waals surface area contributed by atoms with Crippen LogP contribution in [-0.2, 0) is 0 Å². The van der Waals surface area contributed by atoms with Crippen LogP contribution in [0.4, 0.5) is 5.82 Å². The van der Waals surface area contributed by atoms with Crippen molar-refractivity contribution in [2.75, 3.05) is 18.0 Å². The van der Waals surface area contributed by atoms with E-state index in [-0.39, 0.29) is 0 Å². The number of hydrogen-bond acceptors (Lipinski definition) is 4. The first-order valence-electron chi connectivity index (χ1n) is 8.74. The number of anilines is 1. The Hall–Kier alpha value is -1.91. The van der Waals surface area contributed by atoms with Gasteiger partial charge in [0.1, 0.15) is 0 Å². The Labute approximate surface area is 138 Å². The van der Waals surface area contributed by atoms with Crippen molar-refractivity contribution >= 4 is 5.82 Å². The highest BCUT2D eigenvalue weighted by atomic mass is 15.4. The molecule has 0 saturated carbocycles. The molecule has 0 N–H and O–H groups in total. The van der Waals surface area contributed by atoms with Gasteiger partial charge in [-0.2, -0.15) is 5.10 Å². The van der Waals surface area contributed by atoms with Gasteiger partial charge in [0, 0.05) is 18.8 Å². The Morgan fingerprint density at radius 1 is 1.13 bits per heavy atom. The van der Waals surface area contributed by atoms with Crippen LogP contribution in [0.2, 0.25) is 0 Å². The van der Waals surface area contributed by atoms with Crippen molar-refractivity contribution in [3.8, 4) is 5.82 Å². The molecule has 5 nitrogen and oxygen atoms in total. The molecule has 3 rings (SSSR count). The van der Waals surface area contributed by atoms with Crippen LogP contribution < -0.4 is 4.90 Å².